The summed E-state index contributed by atoms with van der Waals surface area (Å²) in [6.45, 7) is 1.09. The average molecular weight is 531 g/mol. The number of amides is 1. The lowest BCUT2D eigenvalue weighted by Crippen LogP contribution is -2.48. The summed E-state index contributed by atoms with van der Waals surface area (Å²) in [4.78, 5) is 12.6. The molecule has 2 heterocycles. The smallest absolute Gasteiger partial charge is 0.397 e. The highest BCUT2D eigenvalue weighted by molar-refractivity contribution is 7.90. The number of aromatic nitrogens is 2. The van der Waals surface area contributed by atoms with Crippen LogP contribution in [-0.2, 0) is 14.8 Å². The molecule has 1 aromatic heterocycles. The van der Waals surface area contributed by atoms with Gasteiger partial charge in [0, 0.05) is 12.3 Å². The molecule has 0 saturated heterocycles. The monoisotopic (exact) mass is 530 g/mol. The fourth-order valence-electron chi connectivity index (χ4n) is 3.78. The maximum Gasteiger partial charge on any atom is 0.397 e. The molecule has 1 unspecified atom stereocenters. The second kappa shape index (κ2) is 9.23. The molecule has 2 N–H and O–H groups in total. The number of rotatable bonds is 7. The Kier molecular flexibility index (Phi) is 6.62. The van der Waals surface area contributed by atoms with E-state index < -0.39 is 39.6 Å². The van der Waals surface area contributed by atoms with Crippen molar-refractivity contribution in [3.05, 3.63) is 59.8 Å². The maximum absolute atomic E-state index is 13.3. The van der Waals surface area contributed by atoms with Crippen molar-refractivity contribution in [2.24, 2.45) is 5.41 Å². The molecule has 1 fully saturated rings. The fourth-order valence-corrected chi connectivity index (χ4v) is 5.28. The molecule has 188 valence electrons. The highest BCUT2D eigenvalue weighted by atomic mass is 35.5. The number of allylic oxidation sites excluding steroid dienone is 2. The Morgan fingerprint density at radius 1 is 1.29 bits per heavy atom. The molecule has 13 heteroatoms. The van der Waals surface area contributed by atoms with Crippen LogP contribution in [0.5, 0.6) is 5.88 Å². The molecule has 4 rings (SSSR count). The molecule has 0 spiro atoms. The van der Waals surface area contributed by atoms with Gasteiger partial charge in [0.05, 0.1) is 10.5 Å². The minimum Gasteiger partial charge on any atom is -0.476 e. The van der Waals surface area contributed by atoms with E-state index in [0.717, 1.165) is 0 Å². The first-order valence-corrected chi connectivity index (χ1v) is 12.5. The van der Waals surface area contributed by atoms with Gasteiger partial charge in [0.25, 0.3) is 15.9 Å². The minimum atomic E-state index is -4.35. The summed E-state index contributed by atoms with van der Waals surface area (Å²) in [6, 6.07) is 7.63. The molecule has 1 aliphatic carbocycles. The van der Waals surface area contributed by atoms with E-state index in [2.05, 4.69) is 10.4 Å². The van der Waals surface area contributed by atoms with Crippen LogP contribution in [-0.4, -0.2) is 42.4 Å². The first kappa shape index (κ1) is 25.1. The first-order chi connectivity index (χ1) is 16.4. The van der Waals surface area contributed by atoms with Gasteiger partial charge in [-0.25, -0.2) is 17.8 Å². The van der Waals surface area contributed by atoms with Crippen molar-refractivity contribution in [2.75, 3.05) is 6.61 Å². The normalized spacial score (nSPS) is 19.6. The van der Waals surface area contributed by atoms with Crippen LogP contribution in [0.2, 0.25) is 0 Å². The van der Waals surface area contributed by atoms with E-state index in [1.807, 2.05) is 4.72 Å². The van der Waals surface area contributed by atoms with Crippen LogP contribution < -0.4 is 14.8 Å². The summed E-state index contributed by atoms with van der Waals surface area (Å²) in [5.41, 5.74) is -2.51. The van der Waals surface area contributed by atoms with Gasteiger partial charge in [0.1, 0.15) is 23.3 Å². The number of benzene rings is 1. The predicted molar refractivity (Wildman–Crippen MR) is 122 cm³/mol. The molecule has 1 aliphatic heterocycles. The molecule has 35 heavy (non-hydrogen) atoms. The van der Waals surface area contributed by atoms with Gasteiger partial charge in [-0.3, -0.25) is 4.79 Å². The number of hydrogen-bond acceptors (Lipinski definition) is 6. The number of nitrogens with one attached hydrogen (secondary N) is 2. The number of dihydropyridines is 1. The van der Waals surface area contributed by atoms with Gasteiger partial charge in [-0.05, 0) is 43.5 Å². The zero-order chi connectivity index (χ0) is 25.4. The Morgan fingerprint density at radius 2 is 2.00 bits per heavy atom. The van der Waals surface area contributed by atoms with Crippen molar-refractivity contribution < 1.29 is 31.1 Å². The van der Waals surface area contributed by atoms with Crippen LogP contribution in [0.1, 0.15) is 24.8 Å². The fraction of sp³-hybridized carbons (Fsp3) is 0.364. The van der Waals surface area contributed by atoms with Crippen LogP contribution in [0.3, 0.4) is 0 Å². The second-order valence-corrected chi connectivity index (χ2v) is 10.5. The standard InChI is InChI=1S/C22H22ClF3N4O4S/c1-14-5-2-3-6-16(14)35(32,33)29-20(31)15-7-8-17(27-19(15)23)30-12-9-18(28-30)34-13-21(10-4-11-21)22(24,25)26/h2-3,5-9,12,19,27H,4,10-11,13H2,1H3,(H,29,31). The number of aryl methyl sites for hydroxylation is 1. The molecule has 8 nitrogen and oxygen atoms in total. The van der Waals surface area contributed by atoms with Gasteiger partial charge >= 0.3 is 6.18 Å². The average Bonchev–Trinajstić information content (AvgIpc) is 3.20. The molecular formula is C22H22ClF3N4O4S. The zero-order valence-electron chi connectivity index (χ0n) is 18.5. The summed E-state index contributed by atoms with van der Waals surface area (Å²) in [7, 11) is -4.11. The lowest BCUT2D eigenvalue weighted by molar-refractivity contribution is -0.259. The van der Waals surface area contributed by atoms with E-state index in [9.17, 15) is 26.4 Å². The third-order valence-corrected chi connectivity index (χ3v) is 7.90. The maximum atomic E-state index is 13.3. The molecule has 2 aliphatic rings. The first-order valence-electron chi connectivity index (χ1n) is 10.6. The van der Waals surface area contributed by atoms with E-state index in [0.29, 0.717) is 17.8 Å². The number of alkyl halides is 4. The van der Waals surface area contributed by atoms with Crippen LogP contribution >= 0.6 is 11.6 Å². The number of nitrogens with zero attached hydrogens (tertiary/aromatic N) is 2. The molecule has 1 saturated carbocycles. The molecule has 1 amide bonds. The van der Waals surface area contributed by atoms with E-state index >= 15 is 0 Å². The Morgan fingerprint density at radius 3 is 2.60 bits per heavy atom. The Balaban J connectivity index is 1.44. The number of carbonyl (C=O) groups is 1. The van der Waals surface area contributed by atoms with Crippen molar-refractivity contribution >= 4 is 33.4 Å². The molecule has 1 aromatic carbocycles. The second-order valence-electron chi connectivity index (χ2n) is 8.40. The minimum absolute atomic E-state index is 0.00573. The van der Waals surface area contributed by atoms with Gasteiger partial charge in [0.2, 0.25) is 5.88 Å². The van der Waals surface area contributed by atoms with Crippen LogP contribution in [0.4, 0.5) is 13.2 Å². The summed E-state index contributed by atoms with van der Waals surface area (Å²) >= 11 is 6.26. The summed E-state index contributed by atoms with van der Waals surface area (Å²) in [5, 5.41) is 6.90. The van der Waals surface area contributed by atoms with E-state index in [1.54, 1.807) is 25.1 Å². The zero-order valence-corrected chi connectivity index (χ0v) is 20.0. The van der Waals surface area contributed by atoms with Gasteiger partial charge in [-0.2, -0.15) is 13.2 Å². The van der Waals surface area contributed by atoms with Crippen molar-refractivity contribution in [1.29, 1.82) is 0 Å². The predicted octanol–water partition coefficient (Wildman–Crippen LogP) is 3.70. The SMILES string of the molecule is Cc1ccccc1S(=O)(=O)NC(=O)C1=CC=C(n2ccc(OCC3(C(F)(F)F)CCC3)n2)NC1Cl. The summed E-state index contributed by atoms with van der Waals surface area (Å²) < 4.78 is 73.7. The molecule has 2 aromatic rings. The quantitative estimate of drug-likeness (QED) is 0.418. The number of sulfonamides is 1. The molecule has 0 bridgehead atoms. The number of ether oxygens (including phenoxy) is 1. The van der Waals surface area contributed by atoms with E-state index in [1.165, 1.54) is 35.2 Å². The highest BCUT2D eigenvalue weighted by Gasteiger charge is 2.58. The van der Waals surface area contributed by atoms with Gasteiger partial charge in [-0.1, -0.05) is 36.2 Å². The van der Waals surface area contributed by atoms with E-state index in [4.69, 9.17) is 16.3 Å². The third-order valence-electron chi connectivity index (χ3n) is 6.06. The summed E-state index contributed by atoms with van der Waals surface area (Å²) in [5.74, 6) is -0.586. The van der Waals surface area contributed by atoms with Crippen molar-refractivity contribution in [2.45, 2.75) is 42.8 Å². The topological polar surface area (TPSA) is 102 Å². The van der Waals surface area contributed by atoms with Gasteiger partial charge in [-0.15, -0.1) is 5.10 Å². The van der Waals surface area contributed by atoms with Gasteiger partial charge in [0.15, 0.2) is 0 Å². The van der Waals surface area contributed by atoms with Gasteiger partial charge < -0.3 is 10.1 Å². The largest absolute Gasteiger partial charge is 0.476 e. The number of carbonyl (C=O) groups excluding carboxylic acids is 1. The molecular weight excluding hydrogens is 509 g/mol. The van der Waals surface area contributed by atoms with Crippen molar-refractivity contribution in [1.82, 2.24) is 19.8 Å². The molecule has 1 atom stereocenters. The number of halogens is 4. The lowest BCUT2D eigenvalue weighted by Gasteiger charge is -2.42. The third kappa shape index (κ3) is 5.03. The van der Waals surface area contributed by atoms with Crippen molar-refractivity contribution in [3.8, 4) is 5.88 Å². The highest BCUT2D eigenvalue weighted by Crippen LogP contribution is 2.53. The van der Waals surface area contributed by atoms with Crippen LogP contribution in [0.15, 0.2) is 59.1 Å². The summed E-state index contributed by atoms with van der Waals surface area (Å²) in [6.07, 6.45) is 0.428. The molecule has 0 radical (unpaired) electrons. The number of hydrogen-bond donors (Lipinski definition) is 2. The Hall–Kier alpha value is -2.99. The van der Waals surface area contributed by atoms with Crippen LogP contribution in [0.25, 0.3) is 5.82 Å². The van der Waals surface area contributed by atoms with E-state index in [-0.39, 0.29) is 29.2 Å². The Bertz CT molecular complexity index is 1300. The lowest BCUT2D eigenvalue weighted by atomic mass is 9.69. The van der Waals surface area contributed by atoms with Crippen molar-refractivity contribution in [3.63, 3.8) is 0 Å². The van der Waals surface area contributed by atoms with Crippen LogP contribution in [0, 0.1) is 12.3 Å². The Labute approximate surface area is 204 Å².